The van der Waals surface area contributed by atoms with Crippen molar-refractivity contribution in [3.05, 3.63) is 59.9 Å². The molecule has 0 aliphatic carbocycles. The van der Waals surface area contributed by atoms with Crippen LogP contribution in [-0.4, -0.2) is 34.6 Å². The number of fused-ring (bicyclic) bond motifs is 1. The van der Waals surface area contributed by atoms with E-state index in [1.54, 1.807) is 12.4 Å². The van der Waals surface area contributed by atoms with Crippen molar-refractivity contribution in [3.8, 4) is 0 Å². The van der Waals surface area contributed by atoms with Gasteiger partial charge in [0.2, 0.25) is 0 Å². The second kappa shape index (κ2) is 8.04. The van der Waals surface area contributed by atoms with Gasteiger partial charge < -0.3 is 10.6 Å². The summed E-state index contributed by atoms with van der Waals surface area (Å²) < 4.78 is 0. The standard InChI is InChI=1S/C18H22N4S/c23-18(21-17-7-3-9-19-13-17)20-10-4-11-22-12-8-15-5-1-2-6-16(15)14-22/h1-3,5-7,9,13H,4,8,10-12,14H2,(H2,20,21,23). The summed E-state index contributed by atoms with van der Waals surface area (Å²) in [6.07, 6.45) is 5.75. The van der Waals surface area contributed by atoms with Crippen molar-refractivity contribution >= 4 is 23.0 Å². The molecule has 0 unspecified atom stereocenters. The molecule has 0 saturated heterocycles. The summed E-state index contributed by atoms with van der Waals surface area (Å²) in [6, 6.07) is 12.6. The van der Waals surface area contributed by atoms with Gasteiger partial charge in [0.25, 0.3) is 0 Å². The van der Waals surface area contributed by atoms with Gasteiger partial charge in [0.05, 0.1) is 11.9 Å². The molecule has 0 bridgehead atoms. The Labute approximate surface area is 142 Å². The van der Waals surface area contributed by atoms with Gasteiger partial charge in [0.1, 0.15) is 0 Å². The Kier molecular flexibility index (Phi) is 5.56. The van der Waals surface area contributed by atoms with Gasteiger partial charge in [0, 0.05) is 32.4 Å². The molecule has 1 aromatic heterocycles. The van der Waals surface area contributed by atoms with Crippen LogP contribution in [0.5, 0.6) is 0 Å². The lowest BCUT2D eigenvalue weighted by atomic mass is 10.00. The quantitative estimate of drug-likeness (QED) is 0.653. The molecule has 2 heterocycles. The van der Waals surface area contributed by atoms with Gasteiger partial charge in [-0.1, -0.05) is 24.3 Å². The van der Waals surface area contributed by atoms with Crippen LogP contribution in [0.25, 0.3) is 0 Å². The van der Waals surface area contributed by atoms with Crippen LogP contribution in [0.4, 0.5) is 5.69 Å². The van der Waals surface area contributed by atoms with Crippen LogP contribution in [0.1, 0.15) is 17.5 Å². The molecular weight excluding hydrogens is 304 g/mol. The maximum atomic E-state index is 5.29. The van der Waals surface area contributed by atoms with Crippen molar-refractivity contribution in [1.82, 2.24) is 15.2 Å². The van der Waals surface area contributed by atoms with Crippen LogP contribution in [-0.2, 0) is 13.0 Å². The van der Waals surface area contributed by atoms with Crippen molar-refractivity contribution in [2.24, 2.45) is 0 Å². The van der Waals surface area contributed by atoms with Gasteiger partial charge >= 0.3 is 0 Å². The fourth-order valence-electron chi connectivity index (χ4n) is 2.86. The highest BCUT2D eigenvalue weighted by Crippen LogP contribution is 2.18. The van der Waals surface area contributed by atoms with Crippen LogP contribution in [0.15, 0.2) is 48.8 Å². The first-order valence-corrected chi connectivity index (χ1v) is 8.46. The number of nitrogens with one attached hydrogen (secondary N) is 2. The van der Waals surface area contributed by atoms with Crippen LogP contribution in [0, 0.1) is 0 Å². The van der Waals surface area contributed by atoms with E-state index in [4.69, 9.17) is 12.2 Å². The van der Waals surface area contributed by atoms with Gasteiger partial charge in [-0.2, -0.15) is 0 Å². The summed E-state index contributed by atoms with van der Waals surface area (Å²) in [7, 11) is 0. The fraction of sp³-hybridized carbons (Fsp3) is 0.333. The van der Waals surface area contributed by atoms with Crippen LogP contribution < -0.4 is 10.6 Å². The lowest BCUT2D eigenvalue weighted by molar-refractivity contribution is 0.251. The SMILES string of the molecule is S=C(NCCCN1CCc2ccccc2C1)Nc1cccnc1. The van der Waals surface area contributed by atoms with Gasteiger partial charge in [-0.25, -0.2) is 0 Å². The number of rotatable bonds is 5. The topological polar surface area (TPSA) is 40.2 Å². The zero-order valence-electron chi connectivity index (χ0n) is 13.2. The molecule has 5 heteroatoms. The summed E-state index contributed by atoms with van der Waals surface area (Å²) in [6.45, 7) is 4.19. The minimum atomic E-state index is 0.655. The minimum absolute atomic E-state index is 0.655. The number of benzene rings is 1. The Balaban J connectivity index is 1.35. The number of nitrogens with zero attached hydrogens (tertiary/aromatic N) is 2. The lowest BCUT2D eigenvalue weighted by Gasteiger charge is -2.28. The summed E-state index contributed by atoms with van der Waals surface area (Å²) in [5.41, 5.74) is 3.89. The van der Waals surface area contributed by atoms with Crippen LogP contribution in [0.3, 0.4) is 0 Å². The maximum absolute atomic E-state index is 5.29. The third kappa shape index (κ3) is 4.74. The van der Waals surface area contributed by atoms with E-state index in [2.05, 4.69) is 44.8 Å². The number of hydrogen-bond acceptors (Lipinski definition) is 3. The summed E-state index contributed by atoms with van der Waals surface area (Å²) in [5.74, 6) is 0. The number of pyridine rings is 1. The van der Waals surface area contributed by atoms with Crippen LogP contribution in [0.2, 0.25) is 0 Å². The predicted molar refractivity (Wildman–Crippen MR) is 98.5 cm³/mol. The smallest absolute Gasteiger partial charge is 0.170 e. The third-order valence-corrected chi connectivity index (χ3v) is 4.31. The highest BCUT2D eigenvalue weighted by Gasteiger charge is 2.14. The molecule has 1 aliphatic rings. The summed E-state index contributed by atoms with van der Waals surface area (Å²) in [4.78, 5) is 6.57. The van der Waals surface area contributed by atoms with Gasteiger partial charge in [-0.3, -0.25) is 9.88 Å². The zero-order chi connectivity index (χ0) is 15.9. The molecule has 1 aromatic carbocycles. The fourth-order valence-corrected chi connectivity index (χ4v) is 3.08. The van der Waals surface area contributed by atoms with E-state index in [0.29, 0.717) is 5.11 Å². The molecule has 3 rings (SSSR count). The largest absolute Gasteiger partial charge is 0.362 e. The van der Waals surface area contributed by atoms with E-state index in [1.165, 1.54) is 11.1 Å². The van der Waals surface area contributed by atoms with Gasteiger partial charge in [-0.05, 0) is 48.3 Å². The number of anilines is 1. The van der Waals surface area contributed by atoms with E-state index in [0.717, 1.165) is 44.7 Å². The van der Waals surface area contributed by atoms with Crippen molar-refractivity contribution in [3.63, 3.8) is 0 Å². The monoisotopic (exact) mass is 326 g/mol. The van der Waals surface area contributed by atoms with E-state index < -0.39 is 0 Å². The van der Waals surface area contributed by atoms with E-state index in [9.17, 15) is 0 Å². The van der Waals surface area contributed by atoms with Crippen molar-refractivity contribution in [1.29, 1.82) is 0 Å². The molecule has 2 N–H and O–H groups in total. The first-order valence-electron chi connectivity index (χ1n) is 8.05. The molecule has 0 fully saturated rings. The molecule has 0 spiro atoms. The first-order chi connectivity index (χ1) is 11.3. The highest BCUT2D eigenvalue weighted by atomic mass is 32.1. The molecule has 0 atom stereocenters. The van der Waals surface area contributed by atoms with Crippen molar-refractivity contribution in [2.75, 3.05) is 25.0 Å². The molecule has 4 nitrogen and oxygen atoms in total. The second-order valence-corrected chi connectivity index (χ2v) is 6.18. The molecule has 2 aromatic rings. The second-order valence-electron chi connectivity index (χ2n) is 5.77. The average molecular weight is 326 g/mol. The van der Waals surface area contributed by atoms with E-state index in [-0.39, 0.29) is 0 Å². The Morgan fingerprint density at radius 1 is 1.17 bits per heavy atom. The molecule has 1 aliphatic heterocycles. The molecule has 0 radical (unpaired) electrons. The number of hydrogen-bond donors (Lipinski definition) is 2. The Bertz CT molecular complexity index is 644. The highest BCUT2D eigenvalue weighted by molar-refractivity contribution is 7.80. The van der Waals surface area contributed by atoms with E-state index >= 15 is 0 Å². The molecule has 23 heavy (non-hydrogen) atoms. The predicted octanol–water partition coefficient (Wildman–Crippen LogP) is 2.82. The number of aromatic nitrogens is 1. The summed E-state index contributed by atoms with van der Waals surface area (Å²) in [5, 5.41) is 7.05. The van der Waals surface area contributed by atoms with Gasteiger partial charge in [0.15, 0.2) is 5.11 Å². The number of thiocarbonyl (C=S) groups is 1. The van der Waals surface area contributed by atoms with E-state index in [1.807, 2.05) is 12.1 Å². The van der Waals surface area contributed by atoms with Gasteiger partial charge in [-0.15, -0.1) is 0 Å². The minimum Gasteiger partial charge on any atom is -0.362 e. The zero-order valence-corrected chi connectivity index (χ0v) is 14.0. The molecule has 120 valence electrons. The maximum Gasteiger partial charge on any atom is 0.170 e. The average Bonchev–Trinajstić information content (AvgIpc) is 2.59. The Morgan fingerprint density at radius 3 is 2.87 bits per heavy atom. The Morgan fingerprint density at radius 2 is 2.04 bits per heavy atom. The normalized spacial score (nSPS) is 14.1. The third-order valence-electron chi connectivity index (χ3n) is 4.07. The lowest BCUT2D eigenvalue weighted by Crippen LogP contribution is -2.34. The molecule has 0 saturated carbocycles. The van der Waals surface area contributed by atoms with Crippen molar-refractivity contribution in [2.45, 2.75) is 19.4 Å². The summed E-state index contributed by atoms with van der Waals surface area (Å²) >= 11 is 5.29. The molecular formula is C18H22N4S. The Hall–Kier alpha value is -1.98. The molecule has 0 amide bonds. The van der Waals surface area contributed by atoms with Crippen molar-refractivity contribution < 1.29 is 0 Å². The first kappa shape index (κ1) is 15.9. The van der Waals surface area contributed by atoms with Crippen LogP contribution >= 0.6 is 12.2 Å².